The molecule has 5 nitrogen and oxygen atoms in total. The Kier molecular flexibility index (Phi) is 4.37. The second kappa shape index (κ2) is 6.21. The number of nitriles is 1. The molecule has 1 aliphatic rings. The summed E-state index contributed by atoms with van der Waals surface area (Å²) in [6.45, 7) is 1.75. The molecular formula is C14H17N3O2. The van der Waals surface area contributed by atoms with Gasteiger partial charge in [-0.25, -0.2) is 0 Å². The number of anilines is 1. The molecule has 19 heavy (non-hydrogen) atoms. The molecule has 1 aromatic rings. The first kappa shape index (κ1) is 13.4. The second-order valence-electron chi connectivity index (χ2n) is 4.72. The highest BCUT2D eigenvalue weighted by Gasteiger charge is 2.25. The van der Waals surface area contributed by atoms with Crippen LogP contribution in [-0.4, -0.2) is 42.2 Å². The van der Waals surface area contributed by atoms with E-state index in [1.54, 1.807) is 29.2 Å². The molecule has 0 spiro atoms. The Morgan fingerprint density at radius 1 is 1.47 bits per heavy atom. The van der Waals surface area contributed by atoms with E-state index in [9.17, 15) is 4.79 Å². The van der Waals surface area contributed by atoms with Crippen molar-refractivity contribution in [1.29, 1.82) is 5.26 Å². The highest BCUT2D eigenvalue weighted by atomic mass is 16.3. The molecular weight excluding hydrogens is 242 g/mol. The maximum absolute atomic E-state index is 11.9. The van der Waals surface area contributed by atoms with Gasteiger partial charge in [0, 0.05) is 31.3 Å². The molecule has 1 unspecified atom stereocenters. The molecule has 100 valence electrons. The fourth-order valence-corrected chi connectivity index (χ4v) is 2.16. The van der Waals surface area contributed by atoms with Crippen LogP contribution in [0.3, 0.4) is 0 Å². The zero-order chi connectivity index (χ0) is 13.7. The average Bonchev–Trinajstić information content (AvgIpc) is 2.94. The fourth-order valence-electron chi connectivity index (χ4n) is 2.16. The van der Waals surface area contributed by atoms with Crippen LogP contribution in [0, 0.1) is 17.2 Å². The predicted octanol–water partition coefficient (Wildman–Crippen LogP) is 0.811. The largest absolute Gasteiger partial charge is 0.396 e. The van der Waals surface area contributed by atoms with Gasteiger partial charge in [-0.2, -0.15) is 5.26 Å². The summed E-state index contributed by atoms with van der Waals surface area (Å²) in [4.78, 5) is 13.7. The van der Waals surface area contributed by atoms with Crippen molar-refractivity contribution < 1.29 is 9.90 Å². The summed E-state index contributed by atoms with van der Waals surface area (Å²) in [5, 5.41) is 20.8. The minimum absolute atomic E-state index is 0.0420. The number of nitrogens with one attached hydrogen (secondary N) is 1. The normalized spacial score (nSPS) is 18.1. The maximum atomic E-state index is 11.9. The Balaban J connectivity index is 1.82. The van der Waals surface area contributed by atoms with Crippen LogP contribution in [0.5, 0.6) is 0 Å². The Bertz CT molecular complexity index is 478. The van der Waals surface area contributed by atoms with Crippen molar-refractivity contribution in [3.05, 3.63) is 29.8 Å². The van der Waals surface area contributed by atoms with E-state index in [1.165, 1.54) is 0 Å². The van der Waals surface area contributed by atoms with E-state index in [-0.39, 0.29) is 25.0 Å². The minimum atomic E-state index is 0.0420. The third-order valence-electron chi connectivity index (χ3n) is 3.35. The predicted molar refractivity (Wildman–Crippen MR) is 71.4 cm³/mol. The second-order valence-corrected chi connectivity index (χ2v) is 4.72. The molecule has 1 amide bonds. The summed E-state index contributed by atoms with van der Waals surface area (Å²) < 4.78 is 0. The molecule has 0 saturated carbocycles. The van der Waals surface area contributed by atoms with Crippen LogP contribution < -0.4 is 5.32 Å². The van der Waals surface area contributed by atoms with Gasteiger partial charge >= 0.3 is 0 Å². The first-order chi connectivity index (χ1) is 9.22. The molecule has 0 radical (unpaired) electrons. The molecule has 1 aromatic carbocycles. The lowest BCUT2D eigenvalue weighted by Gasteiger charge is -2.16. The standard InChI is InChI=1S/C14H17N3O2/c15-7-11-1-3-13(4-2-11)16-8-14(19)17-6-5-12(9-17)10-18/h1-4,12,16,18H,5-6,8-10H2. The Hall–Kier alpha value is -2.06. The van der Waals surface area contributed by atoms with Crippen molar-refractivity contribution in [2.45, 2.75) is 6.42 Å². The van der Waals surface area contributed by atoms with Crippen LogP contribution in [0.1, 0.15) is 12.0 Å². The number of hydrogen-bond donors (Lipinski definition) is 2. The SMILES string of the molecule is N#Cc1ccc(NCC(=O)N2CCC(CO)C2)cc1. The summed E-state index contributed by atoms with van der Waals surface area (Å²) in [5.41, 5.74) is 1.42. The van der Waals surface area contributed by atoms with Gasteiger partial charge in [0.05, 0.1) is 18.2 Å². The van der Waals surface area contributed by atoms with E-state index in [1.807, 2.05) is 6.07 Å². The van der Waals surface area contributed by atoms with Crippen LogP contribution in [-0.2, 0) is 4.79 Å². The zero-order valence-electron chi connectivity index (χ0n) is 10.7. The molecule has 0 aliphatic carbocycles. The molecule has 1 saturated heterocycles. The molecule has 1 fully saturated rings. The van der Waals surface area contributed by atoms with Crippen LogP contribution >= 0.6 is 0 Å². The number of aliphatic hydroxyl groups is 1. The highest BCUT2D eigenvalue weighted by molar-refractivity contribution is 5.81. The number of nitrogens with zero attached hydrogens (tertiary/aromatic N) is 2. The number of amides is 1. The van der Waals surface area contributed by atoms with Crippen LogP contribution in [0.2, 0.25) is 0 Å². The molecule has 0 aromatic heterocycles. The summed E-state index contributed by atoms with van der Waals surface area (Å²) in [6.07, 6.45) is 0.874. The smallest absolute Gasteiger partial charge is 0.241 e. The summed E-state index contributed by atoms with van der Waals surface area (Å²) in [5.74, 6) is 0.263. The van der Waals surface area contributed by atoms with Gasteiger partial charge in [0.25, 0.3) is 0 Å². The molecule has 2 rings (SSSR count). The van der Waals surface area contributed by atoms with E-state index in [4.69, 9.17) is 10.4 Å². The quantitative estimate of drug-likeness (QED) is 0.839. The monoisotopic (exact) mass is 259 g/mol. The lowest BCUT2D eigenvalue weighted by molar-refractivity contribution is -0.128. The molecule has 1 aliphatic heterocycles. The number of aliphatic hydroxyl groups excluding tert-OH is 1. The van der Waals surface area contributed by atoms with Crippen LogP contribution in [0.4, 0.5) is 5.69 Å². The third-order valence-corrected chi connectivity index (χ3v) is 3.35. The van der Waals surface area contributed by atoms with E-state index < -0.39 is 0 Å². The van der Waals surface area contributed by atoms with Gasteiger partial charge in [0.2, 0.25) is 5.91 Å². The summed E-state index contributed by atoms with van der Waals surface area (Å²) in [6, 6.07) is 9.04. The molecule has 2 N–H and O–H groups in total. The third kappa shape index (κ3) is 3.46. The topological polar surface area (TPSA) is 76.4 Å². The van der Waals surface area contributed by atoms with Gasteiger partial charge in [-0.1, -0.05) is 0 Å². The lowest BCUT2D eigenvalue weighted by Crippen LogP contribution is -2.34. The molecule has 1 heterocycles. The maximum Gasteiger partial charge on any atom is 0.241 e. The number of carbonyl (C=O) groups is 1. The molecule has 5 heteroatoms. The van der Waals surface area contributed by atoms with E-state index in [0.29, 0.717) is 12.1 Å². The summed E-state index contributed by atoms with van der Waals surface area (Å²) >= 11 is 0. The van der Waals surface area contributed by atoms with E-state index >= 15 is 0 Å². The Labute approximate surface area is 112 Å². The lowest BCUT2D eigenvalue weighted by atomic mass is 10.1. The van der Waals surface area contributed by atoms with Crippen molar-refractivity contribution in [3.8, 4) is 6.07 Å². The van der Waals surface area contributed by atoms with Gasteiger partial charge in [0.15, 0.2) is 0 Å². The zero-order valence-corrected chi connectivity index (χ0v) is 10.7. The van der Waals surface area contributed by atoms with Crippen molar-refractivity contribution >= 4 is 11.6 Å². The van der Waals surface area contributed by atoms with Crippen molar-refractivity contribution in [2.75, 3.05) is 31.6 Å². The number of carbonyl (C=O) groups excluding carboxylic acids is 1. The Morgan fingerprint density at radius 2 is 2.21 bits per heavy atom. The number of hydrogen-bond acceptors (Lipinski definition) is 4. The van der Waals surface area contributed by atoms with Crippen molar-refractivity contribution in [3.63, 3.8) is 0 Å². The highest BCUT2D eigenvalue weighted by Crippen LogP contribution is 2.15. The van der Waals surface area contributed by atoms with Gasteiger partial charge in [-0.15, -0.1) is 0 Å². The van der Waals surface area contributed by atoms with E-state index in [2.05, 4.69) is 5.32 Å². The van der Waals surface area contributed by atoms with Gasteiger partial charge < -0.3 is 15.3 Å². The number of rotatable bonds is 4. The average molecular weight is 259 g/mol. The number of likely N-dealkylation sites (tertiary alicyclic amines) is 1. The van der Waals surface area contributed by atoms with Gasteiger partial charge in [-0.05, 0) is 30.7 Å². The van der Waals surface area contributed by atoms with Crippen LogP contribution in [0.25, 0.3) is 0 Å². The molecule has 1 atom stereocenters. The van der Waals surface area contributed by atoms with E-state index in [0.717, 1.165) is 18.7 Å². The molecule has 0 bridgehead atoms. The minimum Gasteiger partial charge on any atom is -0.396 e. The van der Waals surface area contributed by atoms with Gasteiger partial charge in [0.1, 0.15) is 0 Å². The van der Waals surface area contributed by atoms with Gasteiger partial charge in [-0.3, -0.25) is 4.79 Å². The first-order valence-electron chi connectivity index (χ1n) is 6.35. The first-order valence-corrected chi connectivity index (χ1v) is 6.35. The fraction of sp³-hybridized carbons (Fsp3) is 0.429. The van der Waals surface area contributed by atoms with Crippen LogP contribution in [0.15, 0.2) is 24.3 Å². The summed E-state index contributed by atoms with van der Waals surface area (Å²) in [7, 11) is 0. The van der Waals surface area contributed by atoms with Crippen molar-refractivity contribution in [2.24, 2.45) is 5.92 Å². The Morgan fingerprint density at radius 3 is 2.79 bits per heavy atom. The van der Waals surface area contributed by atoms with Crippen molar-refractivity contribution in [1.82, 2.24) is 4.90 Å². The number of benzene rings is 1.